The minimum atomic E-state index is -3.63. The second kappa shape index (κ2) is 5.02. The fourth-order valence-corrected chi connectivity index (χ4v) is 3.79. The number of hydrogen-bond acceptors (Lipinski definition) is 4. The van der Waals surface area contributed by atoms with Gasteiger partial charge in [-0.15, -0.1) is 0 Å². The molecule has 0 spiro atoms. The molecule has 0 bridgehead atoms. The molecule has 0 radical (unpaired) electrons. The van der Waals surface area contributed by atoms with E-state index < -0.39 is 16.1 Å². The molecule has 0 saturated carbocycles. The maximum atomic E-state index is 12.5. The number of aryl methyl sites for hydroxylation is 3. The van der Waals surface area contributed by atoms with Crippen LogP contribution in [0.5, 0.6) is 0 Å². The van der Waals surface area contributed by atoms with Crippen molar-refractivity contribution < 1.29 is 8.42 Å². The van der Waals surface area contributed by atoms with Gasteiger partial charge in [-0.2, -0.15) is 5.10 Å². The third kappa shape index (κ3) is 2.61. The number of imidazole rings is 1. The molecule has 1 atom stereocenters. The molecule has 0 amide bonds. The van der Waals surface area contributed by atoms with Crippen LogP contribution in [0.2, 0.25) is 0 Å². The Morgan fingerprint density at radius 2 is 2.00 bits per heavy atom. The molecule has 2 aromatic rings. The number of nitrogens with one attached hydrogen (secondary N) is 2. The molecular formula is C12H19N5O2S. The van der Waals surface area contributed by atoms with Gasteiger partial charge in [0.05, 0.1) is 17.4 Å². The van der Waals surface area contributed by atoms with Gasteiger partial charge in [0.1, 0.15) is 10.7 Å². The molecular weight excluding hydrogens is 278 g/mol. The zero-order valence-electron chi connectivity index (χ0n) is 12.2. The summed E-state index contributed by atoms with van der Waals surface area (Å²) in [5.74, 6) is 0.588. The van der Waals surface area contributed by atoms with Crippen molar-refractivity contribution in [2.45, 2.75) is 38.6 Å². The van der Waals surface area contributed by atoms with Gasteiger partial charge in [-0.05, 0) is 27.7 Å². The first-order valence-corrected chi connectivity index (χ1v) is 7.74. The van der Waals surface area contributed by atoms with Crippen LogP contribution in [0.15, 0.2) is 11.1 Å². The van der Waals surface area contributed by atoms with Crippen LogP contribution in [0, 0.1) is 20.8 Å². The lowest BCUT2D eigenvalue weighted by Gasteiger charge is -2.12. The van der Waals surface area contributed by atoms with E-state index in [0.29, 0.717) is 17.2 Å². The predicted octanol–water partition coefficient (Wildman–Crippen LogP) is 1.11. The van der Waals surface area contributed by atoms with Crippen molar-refractivity contribution in [3.8, 4) is 0 Å². The van der Waals surface area contributed by atoms with Gasteiger partial charge in [0, 0.05) is 18.9 Å². The second-order valence-corrected chi connectivity index (χ2v) is 6.57. The van der Waals surface area contributed by atoms with Crippen LogP contribution < -0.4 is 4.72 Å². The maximum Gasteiger partial charge on any atom is 0.244 e. The van der Waals surface area contributed by atoms with Crippen molar-refractivity contribution >= 4 is 10.0 Å². The Morgan fingerprint density at radius 3 is 2.45 bits per heavy atom. The molecule has 0 saturated heterocycles. The quantitative estimate of drug-likeness (QED) is 0.884. The Hall–Kier alpha value is -1.67. The summed E-state index contributed by atoms with van der Waals surface area (Å²) in [6.45, 7) is 7.03. The van der Waals surface area contributed by atoms with Gasteiger partial charge < -0.3 is 4.98 Å². The van der Waals surface area contributed by atoms with Crippen LogP contribution in [0.4, 0.5) is 0 Å². The van der Waals surface area contributed by atoms with E-state index in [9.17, 15) is 8.42 Å². The molecule has 0 aliphatic rings. The summed E-state index contributed by atoms with van der Waals surface area (Å²) in [5, 5.41) is 4.14. The predicted molar refractivity (Wildman–Crippen MR) is 74.7 cm³/mol. The summed E-state index contributed by atoms with van der Waals surface area (Å²) >= 11 is 0. The molecule has 7 nitrogen and oxygen atoms in total. The minimum absolute atomic E-state index is 0.232. The van der Waals surface area contributed by atoms with Gasteiger partial charge in [0.15, 0.2) is 0 Å². The molecule has 20 heavy (non-hydrogen) atoms. The zero-order chi connectivity index (χ0) is 15.1. The largest absolute Gasteiger partial charge is 0.345 e. The fourth-order valence-electron chi connectivity index (χ4n) is 2.14. The van der Waals surface area contributed by atoms with Gasteiger partial charge in [0.2, 0.25) is 10.0 Å². The summed E-state index contributed by atoms with van der Waals surface area (Å²) < 4.78 is 29.1. The van der Waals surface area contributed by atoms with E-state index in [-0.39, 0.29) is 4.90 Å². The molecule has 110 valence electrons. The van der Waals surface area contributed by atoms with E-state index in [1.54, 1.807) is 38.7 Å². The van der Waals surface area contributed by atoms with Crippen LogP contribution in [-0.4, -0.2) is 28.2 Å². The summed E-state index contributed by atoms with van der Waals surface area (Å²) in [7, 11) is -1.91. The lowest BCUT2D eigenvalue weighted by molar-refractivity contribution is 0.559. The average Bonchev–Trinajstić information content (AvgIpc) is 2.84. The maximum absolute atomic E-state index is 12.5. The number of aromatic nitrogens is 4. The van der Waals surface area contributed by atoms with Crippen molar-refractivity contribution in [1.29, 1.82) is 0 Å². The lowest BCUT2D eigenvalue weighted by atomic mass is 10.3. The van der Waals surface area contributed by atoms with Gasteiger partial charge in [0.25, 0.3) is 0 Å². The van der Waals surface area contributed by atoms with E-state index in [2.05, 4.69) is 19.8 Å². The Labute approximate surface area is 118 Å². The number of hydrogen-bond donors (Lipinski definition) is 2. The highest BCUT2D eigenvalue weighted by molar-refractivity contribution is 7.89. The molecule has 0 unspecified atom stereocenters. The molecule has 0 aromatic carbocycles. The Bertz CT molecular complexity index is 729. The normalized spacial score (nSPS) is 13.7. The topological polar surface area (TPSA) is 92.7 Å². The molecule has 2 rings (SSSR count). The number of nitrogens with zero attached hydrogens (tertiary/aromatic N) is 3. The van der Waals surface area contributed by atoms with E-state index >= 15 is 0 Å². The highest BCUT2D eigenvalue weighted by Crippen LogP contribution is 2.20. The first-order chi connectivity index (χ1) is 9.22. The number of H-pyrrole nitrogens is 1. The summed E-state index contributed by atoms with van der Waals surface area (Å²) in [4.78, 5) is 7.40. The Kier molecular flexibility index (Phi) is 3.70. The summed E-state index contributed by atoms with van der Waals surface area (Å²) in [5.41, 5.74) is 1.98. The van der Waals surface area contributed by atoms with Crippen LogP contribution in [0.25, 0.3) is 0 Å². The second-order valence-electron chi connectivity index (χ2n) is 4.92. The number of rotatable bonds is 4. The third-order valence-electron chi connectivity index (χ3n) is 3.18. The standard InChI is InChI=1S/C12H19N5O2S/c1-7-6-13-12(14-7)9(3)16-20(18,19)11-8(2)15-17(5)10(11)4/h6,9,16H,1-5H3,(H,13,14)/t9-/m0/s1. The molecule has 8 heteroatoms. The monoisotopic (exact) mass is 297 g/mol. The third-order valence-corrected chi connectivity index (χ3v) is 4.97. The smallest absolute Gasteiger partial charge is 0.244 e. The number of sulfonamides is 1. The highest BCUT2D eigenvalue weighted by Gasteiger charge is 2.26. The zero-order valence-corrected chi connectivity index (χ0v) is 13.0. The van der Waals surface area contributed by atoms with Crippen LogP contribution in [0.3, 0.4) is 0 Å². The average molecular weight is 297 g/mol. The Morgan fingerprint density at radius 1 is 1.35 bits per heavy atom. The van der Waals surface area contributed by atoms with E-state index in [1.165, 1.54) is 0 Å². The Balaban J connectivity index is 2.32. The first-order valence-electron chi connectivity index (χ1n) is 6.26. The SMILES string of the molecule is Cc1cnc([C@H](C)NS(=O)(=O)c2c(C)nn(C)c2C)[nH]1. The van der Waals surface area contributed by atoms with Crippen LogP contribution >= 0.6 is 0 Å². The van der Waals surface area contributed by atoms with E-state index in [4.69, 9.17) is 0 Å². The van der Waals surface area contributed by atoms with Crippen LogP contribution in [-0.2, 0) is 17.1 Å². The van der Waals surface area contributed by atoms with Gasteiger partial charge in [-0.3, -0.25) is 4.68 Å². The molecule has 2 heterocycles. The summed E-state index contributed by atoms with van der Waals surface area (Å²) in [6.07, 6.45) is 1.67. The first kappa shape index (κ1) is 14.7. The van der Waals surface area contributed by atoms with Gasteiger partial charge >= 0.3 is 0 Å². The lowest BCUT2D eigenvalue weighted by Crippen LogP contribution is -2.28. The molecule has 2 aromatic heterocycles. The molecule has 0 aliphatic carbocycles. The highest BCUT2D eigenvalue weighted by atomic mass is 32.2. The van der Waals surface area contributed by atoms with Crippen molar-refractivity contribution in [1.82, 2.24) is 24.5 Å². The van der Waals surface area contributed by atoms with Crippen molar-refractivity contribution in [3.05, 3.63) is 29.1 Å². The van der Waals surface area contributed by atoms with Crippen molar-refractivity contribution in [2.24, 2.45) is 7.05 Å². The summed E-state index contributed by atoms with van der Waals surface area (Å²) in [6, 6.07) is -0.437. The fraction of sp³-hybridized carbons (Fsp3) is 0.500. The minimum Gasteiger partial charge on any atom is -0.345 e. The van der Waals surface area contributed by atoms with E-state index in [0.717, 1.165) is 5.69 Å². The number of aromatic amines is 1. The van der Waals surface area contributed by atoms with E-state index in [1.807, 2.05) is 6.92 Å². The molecule has 2 N–H and O–H groups in total. The van der Waals surface area contributed by atoms with Crippen molar-refractivity contribution in [3.63, 3.8) is 0 Å². The van der Waals surface area contributed by atoms with Crippen molar-refractivity contribution in [2.75, 3.05) is 0 Å². The van der Waals surface area contributed by atoms with Gasteiger partial charge in [-0.1, -0.05) is 0 Å². The van der Waals surface area contributed by atoms with Gasteiger partial charge in [-0.25, -0.2) is 18.1 Å². The molecule has 0 aliphatic heterocycles. The molecule has 0 fully saturated rings. The van der Waals surface area contributed by atoms with Crippen LogP contribution in [0.1, 0.15) is 35.9 Å².